The largest absolute Gasteiger partial charge is 0.497 e. The van der Waals surface area contributed by atoms with Gasteiger partial charge in [0.2, 0.25) is 0 Å². The van der Waals surface area contributed by atoms with Crippen molar-refractivity contribution in [3.8, 4) is 5.75 Å². The molecule has 0 aliphatic heterocycles. The van der Waals surface area contributed by atoms with Crippen molar-refractivity contribution in [3.63, 3.8) is 0 Å². The number of halogens is 2. The molecule has 4 heteroatoms. The highest BCUT2D eigenvalue weighted by molar-refractivity contribution is 6.31. The Labute approximate surface area is 116 Å². The van der Waals surface area contributed by atoms with Gasteiger partial charge in [0.15, 0.2) is 0 Å². The summed E-state index contributed by atoms with van der Waals surface area (Å²) in [6.45, 7) is 1.86. The van der Waals surface area contributed by atoms with Gasteiger partial charge in [0, 0.05) is 5.56 Å². The Morgan fingerprint density at radius 1 is 1.21 bits per heavy atom. The van der Waals surface area contributed by atoms with Crippen LogP contribution in [-0.2, 0) is 0 Å². The molecule has 2 aromatic carbocycles. The first-order valence-corrected chi connectivity index (χ1v) is 6.19. The van der Waals surface area contributed by atoms with Gasteiger partial charge in [-0.05, 0) is 36.2 Å². The molecule has 1 atom stereocenters. The lowest BCUT2D eigenvalue weighted by Crippen LogP contribution is -2.04. The van der Waals surface area contributed by atoms with Gasteiger partial charge < -0.3 is 9.84 Å². The van der Waals surface area contributed by atoms with E-state index in [1.54, 1.807) is 25.3 Å². The second-order valence-electron chi connectivity index (χ2n) is 4.27. The van der Waals surface area contributed by atoms with E-state index in [1.165, 1.54) is 12.1 Å². The molecule has 0 aliphatic rings. The number of aliphatic hydroxyl groups is 1. The van der Waals surface area contributed by atoms with Gasteiger partial charge in [-0.1, -0.05) is 29.8 Å². The quantitative estimate of drug-likeness (QED) is 0.924. The fourth-order valence-electron chi connectivity index (χ4n) is 1.98. The first kappa shape index (κ1) is 13.8. The zero-order valence-corrected chi connectivity index (χ0v) is 11.4. The Morgan fingerprint density at radius 3 is 2.58 bits per heavy atom. The van der Waals surface area contributed by atoms with Crippen LogP contribution in [0.2, 0.25) is 5.02 Å². The van der Waals surface area contributed by atoms with Crippen molar-refractivity contribution in [2.45, 2.75) is 13.0 Å². The van der Waals surface area contributed by atoms with Crippen LogP contribution in [0.5, 0.6) is 5.75 Å². The number of aryl methyl sites for hydroxylation is 1. The molecule has 2 rings (SSSR count). The Balaban J connectivity index is 2.44. The molecule has 0 aliphatic carbocycles. The highest BCUT2D eigenvalue weighted by atomic mass is 35.5. The molecule has 0 saturated carbocycles. The summed E-state index contributed by atoms with van der Waals surface area (Å²) in [6, 6.07) is 9.71. The summed E-state index contributed by atoms with van der Waals surface area (Å²) in [5, 5.41) is 10.3. The zero-order chi connectivity index (χ0) is 14.0. The molecule has 0 fully saturated rings. The van der Waals surface area contributed by atoms with Gasteiger partial charge in [-0.2, -0.15) is 0 Å². The molecule has 0 heterocycles. The lowest BCUT2D eigenvalue weighted by molar-refractivity contribution is 0.219. The number of aliphatic hydroxyl groups excluding tert-OH is 1. The van der Waals surface area contributed by atoms with Crippen LogP contribution in [-0.4, -0.2) is 12.2 Å². The first-order valence-electron chi connectivity index (χ1n) is 5.81. The number of methoxy groups -OCH3 is 1. The summed E-state index contributed by atoms with van der Waals surface area (Å²) in [5.41, 5.74) is 1.88. The molecule has 2 aromatic rings. The van der Waals surface area contributed by atoms with Crippen LogP contribution in [0.25, 0.3) is 0 Å². The minimum Gasteiger partial charge on any atom is -0.497 e. The van der Waals surface area contributed by atoms with Crippen LogP contribution in [0.1, 0.15) is 22.8 Å². The van der Waals surface area contributed by atoms with Crippen molar-refractivity contribution < 1.29 is 14.2 Å². The van der Waals surface area contributed by atoms with Crippen LogP contribution in [0.15, 0.2) is 36.4 Å². The average molecular weight is 281 g/mol. The van der Waals surface area contributed by atoms with Gasteiger partial charge >= 0.3 is 0 Å². The summed E-state index contributed by atoms with van der Waals surface area (Å²) >= 11 is 5.89. The predicted molar refractivity (Wildman–Crippen MR) is 73.2 cm³/mol. The highest BCUT2D eigenvalue weighted by Gasteiger charge is 2.18. The molecule has 1 N–H and O–H groups in total. The van der Waals surface area contributed by atoms with E-state index in [-0.39, 0.29) is 5.02 Å². The Bertz CT molecular complexity index is 599. The van der Waals surface area contributed by atoms with E-state index >= 15 is 0 Å². The summed E-state index contributed by atoms with van der Waals surface area (Å²) < 4.78 is 18.5. The molecule has 0 amide bonds. The van der Waals surface area contributed by atoms with Gasteiger partial charge in [-0.3, -0.25) is 0 Å². The minimum atomic E-state index is -0.964. The predicted octanol–water partition coefficient (Wildman–Crippen LogP) is 3.88. The normalized spacial score (nSPS) is 12.3. The molecule has 100 valence electrons. The Hall–Kier alpha value is -1.58. The Kier molecular flexibility index (Phi) is 4.08. The fourth-order valence-corrected chi connectivity index (χ4v) is 2.21. The van der Waals surface area contributed by atoms with E-state index in [2.05, 4.69) is 0 Å². The second kappa shape index (κ2) is 5.59. The SMILES string of the molecule is COc1ccc(C(O)c2cccc(F)c2Cl)c(C)c1. The molecule has 2 nitrogen and oxygen atoms in total. The summed E-state index contributed by atoms with van der Waals surface area (Å²) in [5.74, 6) is 0.170. The van der Waals surface area contributed by atoms with Gasteiger partial charge in [-0.15, -0.1) is 0 Å². The maximum atomic E-state index is 13.4. The van der Waals surface area contributed by atoms with Gasteiger partial charge in [0.05, 0.1) is 12.1 Å². The summed E-state index contributed by atoms with van der Waals surface area (Å²) in [4.78, 5) is 0. The molecule has 0 aromatic heterocycles. The zero-order valence-electron chi connectivity index (χ0n) is 10.7. The van der Waals surface area contributed by atoms with E-state index < -0.39 is 11.9 Å². The molecular formula is C15H14ClFO2. The third-order valence-corrected chi connectivity index (χ3v) is 3.45. The molecule has 0 saturated heterocycles. The monoisotopic (exact) mass is 280 g/mol. The van der Waals surface area contributed by atoms with E-state index in [9.17, 15) is 9.50 Å². The molecular weight excluding hydrogens is 267 g/mol. The van der Waals surface area contributed by atoms with Crippen LogP contribution < -0.4 is 4.74 Å². The van der Waals surface area contributed by atoms with Crippen molar-refractivity contribution in [2.24, 2.45) is 0 Å². The number of hydrogen-bond donors (Lipinski definition) is 1. The first-order chi connectivity index (χ1) is 9.04. The Morgan fingerprint density at radius 2 is 1.95 bits per heavy atom. The average Bonchev–Trinajstić information content (AvgIpc) is 2.41. The second-order valence-corrected chi connectivity index (χ2v) is 4.65. The fraction of sp³-hybridized carbons (Fsp3) is 0.200. The number of hydrogen-bond acceptors (Lipinski definition) is 2. The van der Waals surface area contributed by atoms with Gasteiger partial charge in [0.25, 0.3) is 0 Å². The number of benzene rings is 2. The third-order valence-electron chi connectivity index (χ3n) is 3.05. The standard InChI is InChI=1S/C15H14ClFO2/c1-9-8-10(19-2)6-7-11(9)15(18)12-4-3-5-13(17)14(12)16/h3-8,15,18H,1-2H3. The van der Waals surface area contributed by atoms with Crippen LogP contribution in [0.3, 0.4) is 0 Å². The topological polar surface area (TPSA) is 29.5 Å². The van der Waals surface area contributed by atoms with E-state index in [0.29, 0.717) is 16.9 Å². The highest BCUT2D eigenvalue weighted by Crippen LogP contribution is 2.32. The van der Waals surface area contributed by atoms with Crippen LogP contribution in [0.4, 0.5) is 4.39 Å². The summed E-state index contributed by atoms with van der Waals surface area (Å²) in [6.07, 6.45) is -0.964. The van der Waals surface area contributed by atoms with Gasteiger partial charge in [0.1, 0.15) is 17.7 Å². The maximum absolute atomic E-state index is 13.4. The third kappa shape index (κ3) is 2.72. The molecule has 0 bridgehead atoms. The van der Waals surface area contributed by atoms with Crippen molar-refractivity contribution in [3.05, 3.63) is 63.9 Å². The molecule has 0 radical (unpaired) electrons. The smallest absolute Gasteiger partial charge is 0.142 e. The van der Waals surface area contributed by atoms with Crippen molar-refractivity contribution in [2.75, 3.05) is 7.11 Å². The molecule has 1 unspecified atom stereocenters. The van der Waals surface area contributed by atoms with E-state index in [0.717, 1.165) is 5.56 Å². The number of ether oxygens (including phenoxy) is 1. The van der Waals surface area contributed by atoms with Crippen LogP contribution >= 0.6 is 11.6 Å². The van der Waals surface area contributed by atoms with Crippen LogP contribution in [0, 0.1) is 12.7 Å². The van der Waals surface area contributed by atoms with Crippen molar-refractivity contribution >= 4 is 11.6 Å². The van der Waals surface area contributed by atoms with Crippen molar-refractivity contribution in [1.29, 1.82) is 0 Å². The van der Waals surface area contributed by atoms with Gasteiger partial charge in [-0.25, -0.2) is 4.39 Å². The molecule has 19 heavy (non-hydrogen) atoms. The maximum Gasteiger partial charge on any atom is 0.142 e. The van der Waals surface area contributed by atoms with E-state index in [1.807, 2.05) is 13.0 Å². The molecule has 0 spiro atoms. The lowest BCUT2D eigenvalue weighted by atomic mass is 9.97. The minimum absolute atomic E-state index is 0.0507. The lowest BCUT2D eigenvalue weighted by Gasteiger charge is -2.16. The van der Waals surface area contributed by atoms with E-state index in [4.69, 9.17) is 16.3 Å². The van der Waals surface area contributed by atoms with Crippen molar-refractivity contribution in [1.82, 2.24) is 0 Å². The summed E-state index contributed by atoms with van der Waals surface area (Å²) in [7, 11) is 1.58. The number of rotatable bonds is 3.